The van der Waals surface area contributed by atoms with E-state index in [4.69, 9.17) is 32.8 Å². The fourth-order valence-electron chi connectivity index (χ4n) is 7.92. The van der Waals surface area contributed by atoms with Crippen LogP contribution in [0.3, 0.4) is 0 Å². The van der Waals surface area contributed by atoms with Crippen molar-refractivity contribution < 1.29 is 32.8 Å². The van der Waals surface area contributed by atoms with Crippen LogP contribution in [0.2, 0.25) is 18.1 Å². The van der Waals surface area contributed by atoms with E-state index in [1.54, 1.807) is 7.11 Å². The van der Waals surface area contributed by atoms with Crippen LogP contribution in [-0.2, 0) is 32.8 Å². The Bertz CT molecular complexity index is 869. The van der Waals surface area contributed by atoms with E-state index in [1.807, 2.05) is 0 Å². The molecule has 2 aliphatic heterocycles. The lowest BCUT2D eigenvalue weighted by atomic mass is 9.49. The Kier molecular flexibility index (Phi) is 10.1. The van der Waals surface area contributed by atoms with Gasteiger partial charge >= 0.3 is 0 Å². The summed E-state index contributed by atoms with van der Waals surface area (Å²) in [5, 5.41) is 0.100. The smallest absolute Gasteiger partial charge is 0.192 e. The normalized spacial score (nSPS) is 33.0. The first-order chi connectivity index (χ1) is 18.7. The second-order valence-electron chi connectivity index (χ2n) is 14.8. The molecule has 0 aromatic rings. The highest BCUT2D eigenvalue weighted by Crippen LogP contribution is 2.68. The molecule has 0 radical (unpaired) electrons. The average molecular weight is 583 g/mol. The number of allylic oxidation sites excluding steroid dienone is 2. The van der Waals surface area contributed by atoms with Gasteiger partial charge in [-0.15, -0.1) is 0 Å². The first kappa shape index (κ1) is 32.6. The van der Waals surface area contributed by atoms with Crippen molar-refractivity contribution in [2.75, 3.05) is 46.9 Å². The summed E-state index contributed by atoms with van der Waals surface area (Å²) in [5.41, 5.74) is 1.46. The molecule has 2 heterocycles. The summed E-state index contributed by atoms with van der Waals surface area (Å²) in [6.45, 7) is 25.0. The molecule has 0 aromatic carbocycles. The van der Waals surface area contributed by atoms with Crippen molar-refractivity contribution in [1.82, 2.24) is 0 Å². The standard InChI is InChI=1S/C32H58O7Si/c1-23-20-31(14-11-15-34-22-33-8)26(30(23,6)7)21-32(37-18-19-38-32)24(2)28(31)25(12-13-27-35-16-17-36-27)39-40(9,10)29(3,4)5/h20,24-28H,11-19,21-22H2,1-10H3/t24-,25+,26+,28-,31-/m1/s1. The van der Waals surface area contributed by atoms with Crippen LogP contribution in [0.4, 0.5) is 0 Å². The lowest BCUT2D eigenvalue weighted by molar-refractivity contribution is -0.271. The zero-order valence-electron chi connectivity index (χ0n) is 27.1. The largest absolute Gasteiger partial charge is 0.414 e. The Morgan fingerprint density at radius 3 is 2.33 bits per heavy atom. The maximum Gasteiger partial charge on any atom is 0.192 e. The fourth-order valence-corrected chi connectivity index (χ4v) is 9.29. The summed E-state index contributed by atoms with van der Waals surface area (Å²) < 4.78 is 43.5. The lowest BCUT2D eigenvalue weighted by Crippen LogP contribution is -2.62. The molecule has 0 bridgehead atoms. The molecule has 2 aliphatic carbocycles. The Balaban J connectivity index is 1.78. The van der Waals surface area contributed by atoms with Crippen LogP contribution in [0.1, 0.15) is 80.6 Å². The molecule has 1 saturated carbocycles. The van der Waals surface area contributed by atoms with Gasteiger partial charge in [0, 0.05) is 44.5 Å². The summed E-state index contributed by atoms with van der Waals surface area (Å²) >= 11 is 0. The molecule has 4 rings (SSSR count). The third-order valence-electron chi connectivity index (χ3n) is 11.3. The molecular weight excluding hydrogens is 524 g/mol. The second kappa shape index (κ2) is 12.3. The first-order valence-electron chi connectivity index (χ1n) is 15.7. The molecule has 1 spiro atoms. The quantitative estimate of drug-likeness (QED) is 0.107. The molecule has 0 amide bonds. The van der Waals surface area contributed by atoms with Gasteiger partial charge in [-0.2, -0.15) is 0 Å². The number of methoxy groups -OCH3 is 1. The van der Waals surface area contributed by atoms with Crippen LogP contribution in [0.25, 0.3) is 0 Å². The molecule has 0 aromatic heterocycles. The maximum atomic E-state index is 7.49. The number of ether oxygens (including phenoxy) is 6. The van der Waals surface area contributed by atoms with E-state index in [2.05, 4.69) is 67.6 Å². The van der Waals surface area contributed by atoms with Crippen LogP contribution in [-0.4, -0.2) is 73.4 Å². The van der Waals surface area contributed by atoms with Gasteiger partial charge in [-0.3, -0.25) is 0 Å². The Morgan fingerprint density at radius 1 is 1.07 bits per heavy atom. The molecule has 8 heteroatoms. The van der Waals surface area contributed by atoms with E-state index in [-0.39, 0.29) is 40.1 Å². The van der Waals surface area contributed by atoms with E-state index >= 15 is 0 Å². The molecular formula is C32H58O7Si. The van der Waals surface area contributed by atoms with Crippen molar-refractivity contribution in [2.24, 2.45) is 28.6 Å². The summed E-state index contributed by atoms with van der Waals surface area (Å²) in [7, 11) is -0.432. The van der Waals surface area contributed by atoms with Gasteiger partial charge in [0.15, 0.2) is 20.4 Å². The molecule has 5 atom stereocenters. The van der Waals surface area contributed by atoms with Gasteiger partial charge in [-0.05, 0) is 61.1 Å². The average Bonchev–Trinajstić information content (AvgIpc) is 3.60. The van der Waals surface area contributed by atoms with Gasteiger partial charge in [0.2, 0.25) is 0 Å². The van der Waals surface area contributed by atoms with Crippen molar-refractivity contribution >= 4 is 8.32 Å². The number of rotatable bonds is 12. The number of hydrogen-bond donors (Lipinski definition) is 0. The van der Waals surface area contributed by atoms with E-state index in [0.717, 1.165) is 32.1 Å². The third-order valence-corrected chi connectivity index (χ3v) is 15.8. The highest BCUT2D eigenvalue weighted by molar-refractivity contribution is 6.74. The van der Waals surface area contributed by atoms with Crippen LogP contribution in [0.5, 0.6) is 0 Å². The van der Waals surface area contributed by atoms with Crippen LogP contribution in [0.15, 0.2) is 11.6 Å². The molecule has 0 unspecified atom stereocenters. The van der Waals surface area contributed by atoms with Crippen LogP contribution in [0, 0.1) is 28.6 Å². The second-order valence-corrected chi connectivity index (χ2v) is 19.6. The van der Waals surface area contributed by atoms with Crippen molar-refractivity contribution in [3.8, 4) is 0 Å². The third kappa shape index (κ3) is 6.16. The van der Waals surface area contributed by atoms with E-state index in [9.17, 15) is 0 Å². The molecule has 7 nitrogen and oxygen atoms in total. The van der Waals surface area contributed by atoms with Crippen molar-refractivity contribution in [3.63, 3.8) is 0 Å². The molecule has 4 aliphatic rings. The number of fused-ring (bicyclic) bond motifs is 1. The Hall–Kier alpha value is -0.323. The monoisotopic (exact) mass is 582 g/mol. The number of hydrogen-bond acceptors (Lipinski definition) is 7. The van der Waals surface area contributed by atoms with Gasteiger partial charge in [0.25, 0.3) is 0 Å². The highest BCUT2D eigenvalue weighted by Gasteiger charge is 2.67. The van der Waals surface area contributed by atoms with Crippen LogP contribution >= 0.6 is 0 Å². The van der Waals surface area contributed by atoms with E-state index in [0.29, 0.717) is 45.7 Å². The summed E-state index contributed by atoms with van der Waals surface area (Å²) in [6.07, 6.45) is 7.18. The van der Waals surface area contributed by atoms with Gasteiger partial charge in [0.05, 0.1) is 26.4 Å². The Morgan fingerprint density at radius 2 is 1.73 bits per heavy atom. The van der Waals surface area contributed by atoms with E-state index < -0.39 is 14.1 Å². The SMILES string of the molecule is COCOCCC[C@@]12C=C(C)C(C)(C)[C@@H]1CC1(OCCO1)[C@H](C)[C@@H]2[C@H](CCC1OCCO1)O[Si](C)(C)C(C)(C)C. The molecule has 40 heavy (non-hydrogen) atoms. The maximum absolute atomic E-state index is 7.49. The molecule has 0 N–H and O–H groups in total. The zero-order valence-corrected chi connectivity index (χ0v) is 28.1. The van der Waals surface area contributed by atoms with E-state index in [1.165, 1.54) is 5.57 Å². The Labute approximate surface area is 245 Å². The van der Waals surface area contributed by atoms with Crippen molar-refractivity contribution in [2.45, 2.75) is 117 Å². The highest BCUT2D eigenvalue weighted by atomic mass is 28.4. The van der Waals surface area contributed by atoms with Gasteiger partial charge < -0.3 is 32.8 Å². The zero-order chi connectivity index (χ0) is 29.4. The molecule has 232 valence electrons. The van der Waals surface area contributed by atoms with Crippen molar-refractivity contribution in [3.05, 3.63) is 11.6 Å². The minimum Gasteiger partial charge on any atom is -0.414 e. The van der Waals surface area contributed by atoms with Gasteiger partial charge in [-0.1, -0.05) is 53.2 Å². The van der Waals surface area contributed by atoms with Crippen LogP contribution < -0.4 is 0 Å². The molecule has 3 fully saturated rings. The van der Waals surface area contributed by atoms with Gasteiger partial charge in [-0.25, -0.2) is 0 Å². The summed E-state index contributed by atoms with van der Waals surface area (Å²) in [6, 6.07) is 0. The molecule has 2 saturated heterocycles. The van der Waals surface area contributed by atoms with Crippen molar-refractivity contribution in [1.29, 1.82) is 0 Å². The lowest BCUT2D eigenvalue weighted by Gasteiger charge is -2.60. The summed E-state index contributed by atoms with van der Waals surface area (Å²) in [5.74, 6) is 0.200. The minimum atomic E-state index is -2.11. The topological polar surface area (TPSA) is 64.6 Å². The minimum absolute atomic E-state index is 0.0350. The summed E-state index contributed by atoms with van der Waals surface area (Å²) in [4.78, 5) is 0. The first-order valence-corrected chi connectivity index (χ1v) is 18.6. The predicted molar refractivity (Wildman–Crippen MR) is 159 cm³/mol. The predicted octanol–water partition coefficient (Wildman–Crippen LogP) is 6.92. The van der Waals surface area contributed by atoms with Gasteiger partial charge in [0.1, 0.15) is 6.79 Å². The fraction of sp³-hybridized carbons (Fsp3) is 0.938.